The van der Waals surface area contributed by atoms with Crippen LogP contribution in [0.15, 0.2) is 16.9 Å². The molecule has 2 aliphatic rings. The van der Waals surface area contributed by atoms with E-state index in [9.17, 15) is 4.79 Å². The number of aromatic nitrogens is 2. The minimum Gasteiger partial charge on any atom is -0.339 e. The fourth-order valence-electron chi connectivity index (χ4n) is 3.13. The van der Waals surface area contributed by atoms with E-state index in [1.54, 1.807) is 12.4 Å². The van der Waals surface area contributed by atoms with E-state index in [4.69, 9.17) is 5.73 Å². The van der Waals surface area contributed by atoms with Gasteiger partial charge < -0.3 is 15.5 Å². The summed E-state index contributed by atoms with van der Waals surface area (Å²) in [5.74, 6) is 0.986. The molecule has 3 rings (SSSR count). The maximum absolute atomic E-state index is 12.5. The number of piperazine rings is 1. The van der Waals surface area contributed by atoms with Gasteiger partial charge in [-0.2, -0.15) is 0 Å². The second kappa shape index (κ2) is 6.27. The van der Waals surface area contributed by atoms with E-state index in [1.165, 1.54) is 0 Å². The lowest BCUT2D eigenvalue weighted by Crippen LogP contribution is -2.52. The zero-order chi connectivity index (χ0) is 14.8. The summed E-state index contributed by atoms with van der Waals surface area (Å²) in [6.07, 6.45) is 6.48. The quantitative estimate of drug-likeness (QED) is 0.858. The Labute approximate surface area is 132 Å². The molecule has 2 unspecified atom stereocenters. The molecular weight excluding hydrogens is 334 g/mol. The molecular formula is C14H20BrN5O. The Balaban J connectivity index is 1.57. The van der Waals surface area contributed by atoms with Crippen LogP contribution in [-0.2, 0) is 4.79 Å². The van der Waals surface area contributed by atoms with Crippen molar-refractivity contribution in [1.82, 2.24) is 14.9 Å². The first-order valence-corrected chi connectivity index (χ1v) is 8.21. The Morgan fingerprint density at radius 1 is 1.19 bits per heavy atom. The van der Waals surface area contributed by atoms with Gasteiger partial charge in [0.2, 0.25) is 11.9 Å². The van der Waals surface area contributed by atoms with Gasteiger partial charge in [-0.05, 0) is 28.8 Å². The normalized spacial score (nSPS) is 26.2. The Kier molecular flexibility index (Phi) is 4.40. The number of halogens is 1. The summed E-state index contributed by atoms with van der Waals surface area (Å²) < 4.78 is 0.871. The average molecular weight is 354 g/mol. The highest BCUT2D eigenvalue weighted by atomic mass is 79.9. The number of hydrogen-bond donors (Lipinski definition) is 1. The van der Waals surface area contributed by atoms with Crippen molar-refractivity contribution in [2.45, 2.75) is 25.3 Å². The van der Waals surface area contributed by atoms with Crippen molar-refractivity contribution in [1.29, 1.82) is 0 Å². The second-order valence-corrected chi connectivity index (χ2v) is 6.63. The number of nitrogens with zero attached hydrogens (tertiary/aromatic N) is 4. The summed E-state index contributed by atoms with van der Waals surface area (Å²) in [4.78, 5) is 25.2. The molecule has 2 N–H and O–H groups in total. The molecule has 1 aromatic heterocycles. The number of amides is 1. The zero-order valence-electron chi connectivity index (χ0n) is 11.9. The molecule has 1 saturated heterocycles. The predicted molar refractivity (Wildman–Crippen MR) is 83.8 cm³/mol. The number of carbonyl (C=O) groups is 1. The third kappa shape index (κ3) is 3.18. The number of anilines is 1. The van der Waals surface area contributed by atoms with Crippen LogP contribution >= 0.6 is 15.9 Å². The monoisotopic (exact) mass is 353 g/mol. The van der Waals surface area contributed by atoms with Gasteiger partial charge in [0.15, 0.2) is 0 Å². The number of rotatable bonds is 2. The summed E-state index contributed by atoms with van der Waals surface area (Å²) in [6, 6.07) is 0.0466. The van der Waals surface area contributed by atoms with Crippen LogP contribution in [0.25, 0.3) is 0 Å². The van der Waals surface area contributed by atoms with E-state index in [0.717, 1.165) is 55.9 Å². The van der Waals surface area contributed by atoms with Gasteiger partial charge in [0.05, 0.1) is 10.4 Å². The molecule has 1 aliphatic heterocycles. The van der Waals surface area contributed by atoms with Gasteiger partial charge in [0.25, 0.3) is 0 Å². The molecule has 21 heavy (non-hydrogen) atoms. The van der Waals surface area contributed by atoms with Crippen molar-refractivity contribution in [2.75, 3.05) is 31.1 Å². The predicted octanol–water partition coefficient (Wildman–Crippen LogP) is 1.02. The molecule has 1 amide bonds. The Morgan fingerprint density at radius 3 is 2.43 bits per heavy atom. The lowest BCUT2D eigenvalue weighted by molar-refractivity contribution is -0.136. The van der Waals surface area contributed by atoms with Gasteiger partial charge in [-0.15, -0.1) is 0 Å². The maximum atomic E-state index is 12.5. The van der Waals surface area contributed by atoms with Crippen molar-refractivity contribution < 1.29 is 4.79 Å². The third-order valence-electron chi connectivity index (χ3n) is 4.37. The first-order chi connectivity index (χ1) is 10.1. The molecule has 0 aromatic carbocycles. The van der Waals surface area contributed by atoms with Gasteiger partial charge in [-0.1, -0.05) is 6.42 Å². The minimum absolute atomic E-state index is 0.0282. The van der Waals surface area contributed by atoms with Gasteiger partial charge in [0.1, 0.15) is 0 Å². The van der Waals surface area contributed by atoms with Crippen LogP contribution in [0.4, 0.5) is 5.95 Å². The van der Waals surface area contributed by atoms with Crippen LogP contribution in [0.1, 0.15) is 19.3 Å². The lowest BCUT2D eigenvalue weighted by Gasteiger charge is -2.36. The molecule has 0 spiro atoms. The number of hydrogen-bond acceptors (Lipinski definition) is 5. The zero-order valence-corrected chi connectivity index (χ0v) is 13.5. The van der Waals surface area contributed by atoms with E-state index in [2.05, 4.69) is 30.8 Å². The van der Waals surface area contributed by atoms with E-state index >= 15 is 0 Å². The largest absolute Gasteiger partial charge is 0.339 e. The third-order valence-corrected chi connectivity index (χ3v) is 4.78. The highest BCUT2D eigenvalue weighted by Gasteiger charge is 2.34. The van der Waals surface area contributed by atoms with E-state index in [0.29, 0.717) is 0 Å². The summed E-state index contributed by atoms with van der Waals surface area (Å²) in [7, 11) is 0. The van der Waals surface area contributed by atoms with Gasteiger partial charge in [-0.3, -0.25) is 4.79 Å². The average Bonchev–Trinajstić information content (AvgIpc) is 2.94. The van der Waals surface area contributed by atoms with Crippen LogP contribution in [0.2, 0.25) is 0 Å². The molecule has 1 aliphatic carbocycles. The highest BCUT2D eigenvalue weighted by molar-refractivity contribution is 9.10. The molecule has 2 atom stereocenters. The van der Waals surface area contributed by atoms with Crippen LogP contribution in [0.3, 0.4) is 0 Å². The molecule has 114 valence electrons. The van der Waals surface area contributed by atoms with Crippen LogP contribution in [0, 0.1) is 5.92 Å². The summed E-state index contributed by atoms with van der Waals surface area (Å²) in [6.45, 7) is 2.99. The Morgan fingerprint density at radius 2 is 1.86 bits per heavy atom. The highest BCUT2D eigenvalue weighted by Crippen LogP contribution is 2.26. The fourth-order valence-corrected chi connectivity index (χ4v) is 3.33. The first-order valence-electron chi connectivity index (χ1n) is 7.42. The molecule has 7 heteroatoms. The summed E-state index contributed by atoms with van der Waals surface area (Å²) in [5, 5.41) is 0. The molecule has 2 heterocycles. The molecule has 0 radical (unpaired) electrons. The summed E-state index contributed by atoms with van der Waals surface area (Å²) >= 11 is 3.33. The van der Waals surface area contributed by atoms with Crippen molar-refractivity contribution in [3.05, 3.63) is 16.9 Å². The van der Waals surface area contributed by atoms with Crippen LogP contribution < -0.4 is 10.6 Å². The minimum atomic E-state index is 0.0282. The molecule has 0 bridgehead atoms. The van der Waals surface area contributed by atoms with Gasteiger partial charge >= 0.3 is 0 Å². The maximum Gasteiger partial charge on any atom is 0.227 e. The molecule has 6 nitrogen and oxygen atoms in total. The molecule has 1 saturated carbocycles. The van der Waals surface area contributed by atoms with Crippen molar-refractivity contribution >= 4 is 27.8 Å². The molecule has 2 fully saturated rings. The van der Waals surface area contributed by atoms with E-state index in [1.807, 2.05) is 4.90 Å². The fraction of sp³-hybridized carbons (Fsp3) is 0.643. The SMILES string of the molecule is NC1CCCC1C(=O)N1CCN(c2ncc(Br)cn2)CC1. The second-order valence-electron chi connectivity index (χ2n) is 5.71. The number of carbonyl (C=O) groups excluding carboxylic acids is 1. The van der Waals surface area contributed by atoms with Crippen molar-refractivity contribution in [2.24, 2.45) is 11.7 Å². The van der Waals surface area contributed by atoms with E-state index in [-0.39, 0.29) is 17.9 Å². The van der Waals surface area contributed by atoms with Crippen LogP contribution in [0.5, 0.6) is 0 Å². The van der Waals surface area contributed by atoms with E-state index < -0.39 is 0 Å². The first kappa shape index (κ1) is 14.7. The smallest absolute Gasteiger partial charge is 0.227 e. The summed E-state index contributed by atoms with van der Waals surface area (Å²) in [5.41, 5.74) is 6.04. The van der Waals surface area contributed by atoms with Crippen LogP contribution in [-0.4, -0.2) is 53.0 Å². The van der Waals surface area contributed by atoms with Gasteiger partial charge in [-0.25, -0.2) is 9.97 Å². The number of nitrogens with two attached hydrogens (primary N) is 1. The van der Waals surface area contributed by atoms with Crippen molar-refractivity contribution in [3.8, 4) is 0 Å². The lowest BCUT2D eigenvalue weighted by atomic mass is 10.0. The standard InChI is InChI=1S/C14H20BrN5O/c15-10-8-17-14(18-9-10)20-6-4-19(5-7-20)13(21)11-2-1-3-12(11)16/h8-9,11-12H,1-7,16H2. The Hall–Kier alpha value is -1.21. The Bertz CT molecular complexity index is 501. The topological polar surface area (TPSA) is 75.4 Å². The van der Waals surface area contributed by atoms with Crippen molar-refractivity contribution in [3.63, 3.8) is 0 Å². The molecule has 1 aromatic rings. The van der Waals surface area contributed by atoms with Gasteiger partial charge in [0, 0.05) is 44.6 Å².